The zero-order valence-electron chi connectivity index (χ0n) is 16.4. The number of guanidine groups is 1. The Labute approximate surface area is 161 Å². The maximum atomic E-state index is 11.8. The zero-order valence-corrected chi connectivity index (χ0v) is 16.4. The van der Waals surface area contributed by atoms with E-state index in [0.29, 0.717) is 18.7 Å². The monoisotopic (exact) mass is 376 g/mol. The Balaban J connectivity index is 1.73. The van der Waals surface area contributed by atoms with Crippen molar-refractivity contribution in [2.24, 2.45) is 4.99 Å². The van der Waals surface area contributed by atoms with Crippen LogP contribution in [-0.2, 0) is 16.0 Å². The van der Waals surface area contributed by atoms with Gasteiger partial charge in [0.05, 0.1) is 19.3 Å². The number of carbonyl (C=O) groups excluding carboxylic acids is 1. The van der Waals surface area contributed by atoms with Crippen LogP contribution in [0.4, 0.5) is 0 Å². The van der Waals surface area contributed by atoms with Crippen molar-refractivity contribution in [3.8, 4) is 0 Å². The van der Waals surface area contributed by atoms with Crippen LogP contribution in [0.25, 0.3) is 0 Å². The van der Waals surface area contributed by atoms with E-state index in [1.165, 1.54) is 0 Å². The van der Waals surface area contributed by atoms with E-state index in [4.69, 9.17) is 9.47 Å². The van der Waals surface area contributed by atoms with Gasteiger partial charge in [-0.25, -0.2) is 4.99 Å². The van der Waals surface area contributed by atoms with Gasteiger partial charge < -0.3 is 25.4 Å². The van der Waals surface area contributed by atoms with Gasteiger partial charge in [0.2, 0.25) is 0 Å². The molecular formula is C20H32N4O3. The SMILES string of the molecule is CCNC(=O)c1ccc(CN=C(NCC)NCCCOC2CCOC2)cc1. The van der Waals surface area contributed by atoms with Gasteiger partial charge in [-0.05, 0) is 44.4 Å². The van der Waals surface area contributed by atoms with Gasteiger partial charge in [0.1, 0.15) is 0 Å². The second-order valence-corrected chi connectivity index (χ2v) is 6.39. The average Bonchev–Trinajstić information content (AvgIpc) is 3.20. The van der Waals surface area contributed by atoms with Gasteiger partial charge in [-0.2, -0.15) is 0 Å². The Morgan fingerprint density at radius 3 is 2.63 bits per heavy atom. The summed E-state index contributed by atoms with van der Waals surface area (Å²) in [7, 11) is 0. The third kappa shape index (κ3) is 7.97. The molecule has 1 aliphatic rings. The highest BCUT2D eigenvalue weighted by Crippen LogP contribution is 2.08. The van der Waals surface area contributed by atoms with Crippen molar-refractivity contribution < 1.29 is 14.3 Å². The quantitative estimate of drug-likeness (QED) is 0.329. The molecule has 0 spiro atoms. The van der Waals surface area contributed by atoms with Crippen LogP contribution in [0.2, 0.25) is 0 Å². The standard InChI is InChI=1S/C20H32N4O3/c1-3-21-19(25)17-8-6-16(7-9-17)14-24-20(22-4-2)23-11-5-12-27-18-10-13-26-15-18/h6-9,18H,3-5,10-15H2,1-2H3,(H,21,25)(H2,22,23,24). The van der Waals surface area contributed by atoms with Gasteiger partial charge in [-0.3, -0.25) is 4.79 Å². The third-order valence-electron chi connectivity index (χ3n) is 4.17. The molecule has 0 radical (unpaired) electrons. The second-order valence-electron chi connectivity index (χ2n) is 6.39. The predicted molar refractivity (Wildman–Crippen MR) is 107 cm³/mol. The molecule has 1 aromatic rings. The van der Waals surface area contributed by atoms with Gasteiger partial charge in [0.25, 0.3) is 5.91 Å². The number of rotatable bonds is 10. The highest BCUT2D eigenvalue weighted by molar-refractivity contribution is 5.94. The summed E-state index contributed by atoms with van der Waals surface area (Å²) in [5.74, 6) is 0.739. The van der Waals surface area contributed by atoms with Crippen molar-refractivity contribution >= 4 is 11.9 Å². The molecule has 0 bridgehead atoms. The molecular weight excluding hydrogens is 344 g/mol. The van der Waals surface area contributed by atoms with Gasteiger partial charge in [-0.1, -0.05) is 12.1 Å². The predicted octanol–water partition coefficient (Wildman–Crippen LogP) is 1.69. The van der Waals surface area contributed by atoms with Crippen molar-refractivity contribution in [2.75, 3.05) is 39.5 Å². The Hall–Kier alpha value is -2.12. The van der Waals surface area contributed by atoms with Crippen molar-refractivity contribution in [1.29, 1.82) is 0 Å². The Morgan fingerprint density at radius 2 is 1.96 bits per heavy atom. The molecule has 1 unspecified atom stereocenters. The molecule has 1 amide bonds. The number of nitrogens with zero attached hydrogens (tertiary/aromatic N) is 1. The lowest BCUT2D eigenvalue weighted by molar-refractivity contribution is 0.0420. The summed E-state index contributed by atoms with van der Waals surface area (Å²) in [6.07, 6.45) is 2.17. The lowest BCUT2D eigenvalue weighted by Gasteiger charge is -2.13. The lowest BCUT2D eigenvalue weighted by atomic mass is 10.1. The van der Waals surface area contributed by atoms with E-state index in [1.54, 1.807) is 0 Å². The Kier molecular flexibility index (Phi) is 9.65. The minimum Gasteiger partial charge on any atom is -0.379 e. The number of hydrogen-bond acceptors (Lipinski definition) is 4. The first-order chi connectivity index (χ1) is 13.2. The van der Waals surface area contributed by atoms with E-state index in [-0.39, 0.29) is 12.0 Å². The molecule has 1 aromatic carbocycles. The summed E-state index contributed by atoms with van der Waals surface area (Å²) in [5.41, 5.74) is 1.73. The number of benzene rings is 1. The molecule has 2 rings (SSSR count). The van der Waals surface area contributed by atoms with Crippen molar-refractivity contribution in [3.05, 3.63) is 35.4 Å². The molecule has 7 nitrogen and oxygen atoms in total. The Bertz CT molecular complexity index is 583. The number of ether oxygens (including phenoxy) is 2. The van der Waals surface area contributed by atoms with Crippen LogP contribution in [0.15, 0.2) is 29.3 Å². The maximum Gasteiger partial charge on any atom is 0.251 e. The molecule has 1 atom stereocenters. The smallest absolute Gasteiger partial charge is 0.251 e. The summed E-state index contributed by atoms with van der Waals surface area (Å²) >= 11 is 0. The molecule has 0 saturated carbocycles. The fraction of sp³-hybridized carbons (Fsp3) is 0.600. The summed E-state index contributed by atoms with van der Waals surface area (Å²) < 4.78 is 11.1. The van der Waals surface area contributed by atoms with Crippen LogP contribution in [0.1, 0.15) is 42.6 Å². The molecule has 0 aliphatic carbocycles. The first-order valence-corrected chi connectivity index (χ1v) is 9.81. The maximum absolute atomic E-state index is 11.8. The summed E-state index contributed by atoms with van der Waals surface area (Å²) in [5, 5.41) is 9.37. The minimum absolute atomic E-state index is 0.0473. The number of hydrogen-bond donors (Lipinski definition) is 3. The molecule has 150 valence electrons. The van der Waals surface area contributed by atoms with E-state index in [9.17, 15) is 4.79 Å². The number of nitrogens with one attached hydrogen (secondary N) is 3. The minimum atomic E-state index is -0.0473. The third-order valence-corrected chi connectivity index (χ3v) is 4.17. The number of aliphatic imine (C=N–C) groups is 1. The van der Waals surface area contributed by atoms with Crippen LogP contribution in [0, 0.1) is 0 Å². The van der Waals surface area contributed by atoms with Crippen LogP contribution in [-0.4, -0.2) is 57.4 Å². The highest BCUT2D eigenvalue weighted by atomic mass is 16.5. The van der Waals surface area contributed by atoms with E-state index < -0.39 is 0 Å². The van der Waals surface area contributed by atoms with E-state index >= 15 is 0 Å². The summed E-state index contributed by atoms with van der Waals surface area (Å²) in [4.78, 5) is 16.4. The molecule has 27 heavy (non-hydrogen) atoms. The second kappa shape index (κ2) is 12.3. The van der Waals surface area contributed by atoms with Crippen molar-refractivity contribution in [1.82, 2.24) is 16.0 Å². The molecule has 1 fully saturated rings. The molecule has 7 heteroatoms. The normalized spacial score (nSPS) is 17.0. The number of carbonyl (C=O) groups is 1. The average molecular weight is 377 g/mol. The summed E-state index contributed by atoms with van der Waals surface area (Å²) in [6, 6.07) is 7.55. The van der Waals surface area contributed by atoms with Crippen LogP contribution >= 0.6 is 0 Å². The van der Waals surface area contributed by atoms with Gasteiger partial charge in [0.15, 0.2) is 5.96 Å². The van der Waals surface area contributed by atoms with Crippen molar-refractivity contribution in [2.45, 2.75) is 39.3 Å². The van der Waals surface area contributed by atoms with E-state index in [2.05, 4.69) is 20.9 Å². The topological polar surface area (TPSA) is 84.0 Å². The van der Waals surface area contributed by atoms with E-state index in [1.807, 2.05) is 38.1 Å². The van der Waals surface area contributed by atoms with Crippen molar-refractivity contribution in [3.63, 3.8) is 0 Å². The molecule has 1 heterocycles. The first-order valence-electron chi connectivity index (χ1n) is 9.81. The van der Waals surface area contributed by atoms with Gasteiger partial charge >= 0.3 is 0 Å². The Morgan fingerprint density at radius 1 is 1.19 bits per heavy atom. The largest absolute Gasteiger partial charge is 0.379 e. The van der Waals surface area contributed by atoms with Gasteiger partial charge in [0, 0.05) is 38.4 Å². The molecule has 0 aromatic heterocycles. The molecule has 3 N–H and O–H groups in total. The van der Waals surface area contributed by atoms with Gasteiger partial charge in [-0.15, -0.1) is 0 Å². The van der Waals surface area contributed by atoms with E-state index in [0.717, 1.165) is 57.3 Å². The van der Waals surface area contributed by atoms with Crippen LogP contribution in [0.5, 0.6) is 0 Å². The number of amides is 1. The van der Waals surface area contributed by atoms with Crippen LogP contribution in [0.3, 0.4) is 0 Å². The lowest BCUT2D eigenvalue weighted by Crippen LogP contribution is -2.38. The first kappa shape index (κ1) is 21.2. The summed E-state index contributed by atoms with van der Waals surface area (Å²) in [6.45, 7) is 8.99. The zero-order chi connectivity index (χ0) is 19.3. The fourth-order valence-electron chi connectivity index (χ4n) is 2.71. The highest BCUT2D eigenvalue weighted by Gasteiger charge is 2.15. The molecule has 1 aliphatic heterocycles. The molecule has 1 saturated heterocycles. The van der Waals surface area contributed by atoms with Crippen LogP contribution < -0.4 is 16.0 Å². The fourth-order valence-corrected chi connectivity index (χ4v) is 2.71.